The maximum absolute atomic E-state index is 11.6. The van der Waals surface area contributed by atoms with Gasteiger partial charge in [-0.15, -0.1) is 0 Å². The molecule has 104 valence electrons. The van der Waals surface area contributed by atoms with Gasteiger partial charge in [-0.05, 0) is 37.0 Å². The molecule has 0 aromatic heterocycles. The lowest BCUT2D eigenvalue weighted by atomic mass is 9.83. The molecule has 0 spiro atoms. The van der Waals surface area contributed by atoms with Gasteiger partial charge in [0.15, 0.2) is 0 Å². The van der Waals surface area contributed by atoms with Gasteiger partial charge in [-0.3, -0.25) is 4.79 Å². The molecule has 1 unspecified atom stereocenters. The zero-order chi connectivity index (χ0) is 13.9. The molecule has 1 aliphatic heterocycles. The molecule has 1 aromatic rings. The number of hydrogen-bond donors (Lipinski definition) is 0. The molecule has 1 atom stereocenters. The first kappa shape index (κ1) is 14.6. The Morgan fingerprint density at radius 3 is 2.74 bits per heavy atom. The maximum atomic E-state index is 11.6. The molecule has 3 nitrogen and oxygen atoms in total. The lowest BCUT2D eigenvalue weighted by Gasteiger charge is -2.37. The average Bonchev–Trinajstić information content (AvgIpc) is 2.42. The smallest absolute Gasteiger partial charge is 0.308 e. The highest BCUT2D eigenvalue weighted by molar-refractivity contribution is 6.42. The normalized spacial score (nSPS) is 23.1. The van der Waals surface area contributed by atoms with Crippen LogP contribution in [0, 0.1) is 0 Å². The number of carbonyl (C=O) groups is 1. The fourth-order valence-corrected chi connectivity index (χ4v) is 2.70. The van der Waals surface area contributed by atoms with Gasteiger partial charge in [0.05, 0.1) is 23.6 Å². The molecule has 1 saturated heterocycles. The third-order valence-corrected chi connectivity index (χ3v) is 4.20. The van der Waals surface area contributed by atoms with Gasteiger partial charge in [0.25, 0.3) is 0 Å². The van der Waals surface area contributed by atoms with Crippen molar-refractivity contribution >= 4 is 29.2 Å². The predicted molar refractivity (Wildman–Crippen MR) is 74.6 cm³/mol. The van der Waals surface area contributed by atoms with Crippen molar-refractivity contribution in [2.24, 2.45) is 0 Å². The molecule has 0 saturated carbocycles. The molecule has 5 heteroatoms. The second kappa shape index (κ2) is 6.12. The van der Waals surface area contributed by atoms with Crippen molar-refractivity contribution in [2.75, 3.05) is 13.7 Å². The molecule has 0 radical (unpaired) electrons. The Balaban J connectivity index is 2.35. The highest BCUT2D eigenvalue weighted by Crippen LogP contribution is 2.40. The average molecular weight is 303 g/mol. The van der Waals surface area contributed by atoms with Crippen LogP contribution in [0.15, 0.2) is 18.2 Å². The molecular formula is C14H16Cl2O3. The molecule has 0 amide bonds. The van der Waals surface area contributed by atoms with Crippen LogP contribution in [0.5, 0.6) is 0 Å². The highest BCUT2D eigenvalue weighted by Gasteiger charge is 2.38. The van der Waals surface area contributed by atoms with Gasteiger partial charge in [-0.1, -0.05) is 29.3 Å². The van der Waals surface area contributed by atoms with E-state index >= 15 is 0 Å². The van der Waals surface area contributed by atoms with Gasteiger partial charge < -0.3 is 9.47 Å². The summed E-state index contributed by atoms with van der Waals surface area (Å²) in [6.07, 6.45) is 2.99. The quantitative estimate of drug-likeness (QED) is 0.793. The first-order valence-electron chi connectivity index (χ1n) is 6.24. The Labute approximate surface area is 122 Å². The number of esters is 1. The SMILES string of the molecule is COC(=O)CC1(c2ccc(Cl)c(Cl)c2)CCCCO1. The summed E-state index contributed by atoms with van der Waals surface area (Å²) in [5, 5.41) is 0.965. The van der Waals surface area contributed by atoms with Crippen LogP contribution in [0.25, 0.3) is 0 Å². The van der Waals surface area contributed by atoms with Crippen LogP contribution in [-0.4, -0.2) is 19.7 Å². The highest BCUT2D eigenvalue weighted by atomic mass is 35.5. The Bertz CT molecular complexity index is 468. The second-order valence-electron chi connectivity index (χ2n) is 4.68. The van der Waals surface area contributed by atoms with E-state index < -0.39 is 5.60 Å². The number of methoxy groups -OCH3 is 1. The first-order chi connectivity index (χ1) is 9.07. The van der Waals surface area contributed by atoms with Gasteiger partial charge in [-0.2, -0.15) is 0 Å². The standard InChI is InChI=1S/C14H16Cl2O3/c1-18-13(17)9-14(6-2-3-7-19-14)10-4-5-11(15)12(16)8-10/h4-5,8H,2-3,6-7,9H2,1H3. The van der Waals surface area contributed by atoms with Gasteiger partial charge in [0.2, 0.25) is 0 Å². The van der Waals surface area contributed by atoms with Gasteiger partial charge >= 0.3 is 5.97 Å². The third kappa shape index (κ3) is 3.22. The Morgan fingerprint density at radius 1 is 1.37 bits per heavy atom. The van der Waals surface area contributed by atoms with Crippen molar-refractivity contribution in [1.29, 1.82) is 0 Å². The molecule has 0 bridgehead atoms. The van der Waals surface area contributed by atoms with Crippen molar-refractivity contribution in [2.45, 2.75) is 31.3 Å². The first-order valence-corrected chi connectivity index (χ1v) is 6.99. The van der Waals surface area contributed by atoms with Crippen molar-refractivity contribution in [3.05, 3.63) is 33.8 Å². The van der Waals surface area contributed by atoms with Crippen LogP contribution in [0.3, 0.4) is 0 Å². The van der Waals surface area contributed by atoms with E-state index in [2.05, 4.69) is 0 Å². The minimum Gasteiger partial charge on any atom is -0.469 e. The Hall–Kier alpha value is -0.770. The molecule has 1 fully saturated rings. The Kier molecular flexibility index (Phi) is 4.71. The summed E-state index contributed by atoms with van der Waals surface area (Å²) in [7, 11) is 1.38. The summed E-state index contributed by atoms with van der Waals surface area (Å²) in [4.78, 5) is 11.6. The van der Waals surface area contributed by atoms with Crippen molar-refractivity contribution < 1.29 is 14.3 Å². The monoisotopic (exact) mass is 302 g/mol. The molecular weight excluding hydrogens is 287 g/mol. The second-order valence-corrected chi connectivity index (χ2v) is 5.50. The number of carbonyl (C=O) groups excluding carboxylic acids is 1. The lowest BCUT2D eigenvalue weighted by molar-refractivity contribution is -0.154. The molecule has 1 aliphatic rings. The minimum absolute atomic E-state index is 0.196. The van der Waals surface area contributed by atoms with E-state index in [1.165, 1.54) is 7.11 Å². The van der Waals surface area contributed by atoms with E-state index in [9.17, 15) is 4.79 Å². The van der Waals surface area contributed by atoms with Crippen LogP contribution >= 0.6 is 23.2 Å². The minimum atomic E-state index is -0.639. The van der Waals surface area contributed by atoms with E-state index in [0.717, 1.165) is 24.8 Å². The number of ether oxygens (including phenoxy) is 2. The zero-order valence-corrected chi connectivity index (χ0v) is 12.3. The summed E-state index contributed by atoms with van der Waals surface area (Å²) in [5.74, 6) is -0.284. The van der Waals surface area contributed by atoms with E-state index in [1.54, 1.807) is 12.1 Å². The summed E-state index contributed by atoms with van der Waals surface area (Å²) in [6, 6.07) is 5.37. The fourth-order valence-electron chi connectivity index (χ4n) is 2.41. The molecule has 19 heavy (non-hydrogen) atoms. The summed E-state index contributed by atoms with van der Waals surface area (Å²) in [5.41, 5.74) is 0.242. The van der Waals surface area contributed by atoms with Gasteiger partial charge in [-0.25, -0.2) is 0 Å². The summed E-state index contributed by atoms with van der Waals surface area (Å²) in [6.45, 7) is 0.636. The topological polar surface area (TPSA) is 35.5 Å². The Morgan fingerprint density at radius 2 is 2.16 bits per heavy atom. The lowest BCUT2D eigenvalue weighted by Crippen LogP contribution is -2.36. The number of rotatable bonds is 3. The zero-order valence-electron chi connectivity index (χ0n) is 10.7. The van der Waals surface area contributed by atoms with Crippen LogP contribution in [-0.2, 0) is 19.9 Å². The summed E-state index contributed by atoms with van der Waals surface area (Å²) < 4.78 is 10.7. The molecule has 1 aromatic carbocycles. The van der Waals surface area contributed by atoms with Crippen molar-refractivity contribution in [3.63, 3.8) is 0 Å². The van der Waals surface area contributed by atoms with Crippen LogP contribution in [0.2, 0.25) is 10.0 Å². The fraction of sp³-hybridized carbons (Fsp3) is 0.500. The summed E-state index contributed by atoms with van der Waals surface area (Å²) >= 11 is 12.0. The van der Waals surface area contributed by atoms with Crippen LogP contribution < -0.4 is 0 Å². The molecule has 1 heterocycles. The predicted octanol–water partition coefficient (Wildman–Crippen LogP) is 3.95. The number of halogens is 2. The van der Waals surface area contributed by atoms with Gasteiger partial charge in [0.1, 0.15) is 5.60 Å². The largest absolute Gasteiger partial charge is 0.469 e. The molecule has 0 aliphatic carbocycles. The van der Waals surface area contributed by atoms with Crippen molar-refractivity contribution in [1.82, 2.24) is 0 Å². The maximum Gasteiger partial charge on any atom is 0.308 e. The van der Waals surface area contributed by atoms with E-state index in [0.29, 0.717) is 16.7 Å². The van der Waals surface area contributed by atoms with E-state index in [1.807, 2.05) is 6.07 Å². The number of hydrogen-bond acceptors (Lipinski definition) is 3. The van der Waals surface area contributed by atoms with Gasteiger partial charge in [0, 0.05) is 6.61 Å². The van der Waals surface area contributed by atoms with Crippen molar-refractivity contribution in [3.8, 4) is 0 Å². The molecule has 2 rings (SSSR count). The van der Waals surface area contributed by atoms with E-state index in [-0.39, 0.29) is 12.4 Å². The third-order valence-electron chi connectivity index (χ3n) is 3.46. The van der Waals surface area contributed by atoms with Crippen LogP contribution in [0.1, 0.15) is 31.2 Å². The van der Waals surface area contributed by atoms with Crippen LogP contribution in [0.4, 0.5) is 0 Å². The molecule has 0 N–H and O–H groups in total. The van der Waals surface area contributed by atoms with E-state index in [4.69, 9.17) is 32.7 Å². The number of benzene rings is 1.